The molecular weight excluding hydrogens is 269 g/mol. The molecule has 2 aromatic carbocycles. The van der Waals surface area contributed by atoms with Crippen LogP contribution in [0.5, 0.6) is 11.5 Å². The van der Waals surface area contributed by atoms with E-state index >= 15 is 0 Å². The van der Waals surface area contributed by atoms with E-state index < -0.39 is 0 Å². The minimum atomic E-state index is -0.293. The van der Waals surface area contributed by atoms with Gasteiger partial charge in [-0.05, 0) is 36.2 Å². The normalized spacial score (nSPS) is 12.7. The summed E-state index contributed by atoms with van der Waals surface area (Å²) in [6, 6.07) is 10.7. The summed E-state index contributed by atoms with van der Waals surface area (Å²) in [5.74, 6) is 1.23. The van der Waals surface area contributed by atoms with Gasteiger partial charge in [0.2, 0.25) is 0 Å². The number of anilines is 1. The molecule has 0 saturated heterocycles. The molecule has 110 valence electrons. The smallest absolute Gasteiger partial charge is 0.145 e. The van der Waals surface area contributed by atoms with E-state index in [1.807, 2.05) is 19.1 Å². The summed E-state index contributed by atoms with van der Waals surface area (Å²) in [6.07, 6.45) is 0.962. The van der Waals surface area contributed by atoms with E-state index in [-0.39, 0.29) is 5.82 Å². The Morgan fingerprint density at radius 2 is 2.14 bits per heavy atom. The van der Waals surface area contributed by atoms with E-state index in [0.29, 0.717) is 18.9 Å². The molecule has 0 atom stereocenters. The van der Waals surface area contributed by atoms with Crippen LogP contribution in [-0.4, -0.2) is 13.2 Å². The number of hydrogen-bond donors (Lipinski definition) is 1. The van der Waals surface area contributed by atoms with Crippen molar-refractivity contribution in [1.82, 2.24) is 0 Å². The largest absolute Gasteiger partial charge is 0.493 e. The summed E-state index contributed by atoms with van der Waals surface area (Å²) < 4.78 is 24.2. The summed E-state index contributed by atoms with van der Waals surface area (Å²) in [5, 5.41) is 3.30. The van der Waals surface area contributed by atoms with Crippen molar-refractivity contribution in [3.05, 3.63) is 53.3 Å². The summed E-state index contributed by atoms with van der Waals surface area (Å²) in [5.41, 5.74) is 3.22. The van der Waals surface area contributed by atoms with Crippen molar-refractivity contribution in [2.45, 2.75) is 19.9 Å². The fraction of sp³-hybridized carbons (Fsp3) is 0.294. The first-order valence-electron chi connectivity index (χ1n) is 7.17. The van der Waals surface area contributed by atoms with Gasteiger partial charge in [-0.15, -0.1) is 0 Å². The number of hydrogen-bond acceptors (Lipinski definition) is 3. The number of benzene rings is 2. The number of nitrogens with one attached hydrogen (secondary N) is 1. The van der Waals surface area contributed by atoms with Crippen LogP contribution in [0.2, 0.25) is 0 Å². The van der Waals surface area contributed by atoms with E-state index in [1.54, 1.807) is 6.07 Å². The van der Waals surface area contributed by atoms with Crippen LogP contribution >= 0.6 is 0 Å². The lowest BCUT2D eigenvalue weighted by molar-refractivity contribution is 0.339. The second-order valence-electron chi connectivity index (χ2n) is 4.97. The molecule has 2 aromatic rings. The molecule has 0 spiro atoms. The Labute approximate surface area is 123 Å². The highest BCUT2D eigenvalue weighted by molar-refractivity contribution is 5.57. The first-order valence-corrected chi connectivity index (χ1v) is 7.17. The lowest BCUT2D eigenvalue weighted by Gasteiger charge is -2.13. The Bertz CT molecular complexity index is 643. The lowest BCUT2D eigenvalue weighted by Crippen LogP contribution is -2.03. The fourth-order valence-electron chi connectivity index (χ4n) is 2.46. The van der Waals surface area contributed by atoms with E-state index in [0.717, 1.165) is 24.5 Å². The van der Waals surface area contributed by atoms with Crippen molar-refractivity contribution in [3.63, 3.8) is 0 Å². The molecule has 0 unspecified atom stereocenters. The van der Waals surface area contributed by atoms with Crippen molar-refractivity contribution in [2.75, 3.05) is 18.5 Å². The van der Waals surface area contributed by atoms with Crippen LogP contribution in [0.1, 0.15) is 18.1 Å². The maximum absolute atomic E-state index is 13.3. The van der Waals surface area contributed by atoms with Gasteiger partial charge in [-0.2, -0.15) is 0 Å². The van der Waals surface area contributed by atoms with E-state index in [4.69, 9.17) is 9.47 Å². The molecule has 21 heavy (non-hydrogen) atoms. The molecule has 0 saturated carbocycles. The van der Waals surface area contributed by atoms with Crippen LogP contribution in [-0.2, 0) is 13.0 Å². The molecule has 0 amide bonds. The van der Waals surface area contributed by atoms with Gasteiger partial charge in [0, 0.05) is 19.0 Å². The molecule has 1 N–H and O–H groups in total. The molecule has 0 bridgehead atoms. The van der Waals surface area contributed by atoms with Crippen LogP contribution < -0.4 is 14.8 Å². The highest BCUT2D eigenvalue weighted by atomic mass is 19.1. The molecule has 4 heteroatoms. The van der Waals surface area contributed by atoms with Crippen molar-refractivity contribution >= 4 is 5.69 Å². The number of halogens is 1. The van der Waals surface area contributed by atoms with E-state index in [2.05, 4.69) is 11.4 Å². The number of fused-ring (bicyclic) bond motifs is 1. The topological polar surface area (TPSA) is 30.5 Å². The average molecular weight is 287 g/mol. The van der Waals surface area contributed by atoms with Gasteiger partial charge in [0.25, 0.3) is 0 Å². The molecule has 0 radical (unpaired) electrons. The van der Waals surface area contributed by atoms with Gasteiger partial charge in [-0.25, -0.2) is 4.39 Å². The van der Waals surface area contributed by atoms with Crippen LogP contribution in [0.15, 0.2) is 36.4 Å². The first-order chi connectivity index (χ1) is 10.3. The van der Waals surface area contributed by atoms with Gasteiger partial charge in [0.15, 0.2) is 0 Å². The monoisotopic (exact) mass is 287 g/mol. The Morgan fingerprint density at radius 1 is 1.24 bits per heavy atom. The molecule has 3 nitrogen and oxygen atoms in total. The maximum Gasteiger partial charge on any atom is 0.145 e. The Hall–Kier alpha value is -2.23. The minimum Gasteiger partial charge on any atom is -0.493 e. The molecule has 0 fully saturated rings. The SMILES string of the molecule is CCOc1cc(F)ccc1NCc1ccc2c(c1)CCO2. The first kappa shape index (κ1) is 13.7. The van der Waals surface area contributed by atoms with Crippen LogP contribution in [0.3, 0.4) is 0 Å². The van der Waals surface area contributed by atoms with Crippen molar-refractivity contribution in [2.24, 2.45) is 0 Å². The van der Waals surface area contributed by atoms with Crippen molar-refractivity contribution in [3.8, 4) is 11.5 Å². The zero-order valence-corrected chi connectivity index (χ0v) is 12.0. The predicted octanol–water partition coefficient (Wildman–Crippen LogP) is 3.77. The standard InChI is InChI=1S/C17H18FNO2/c1-2-20-17-10-14(18)4-5-15(17)19-11-12-3-6-16-13(9-12)7-8-21-16/h3-6,9-10,19H,2,7-8,11H2,1H3. The second-order valence-corrected chi connectivity index (χ2v) is 4.97. The van der Waals surface area contributed by atoms with Crippen LogP contribution in [0, 0.1) is 5.82 Å². The maximum atomic E-state index is 13.3. The highest BCUT2D eigenvalue weighted by Gasteiger charge is 2.12. The second kappa shape index (κ2) is 6.04. The molecule has 3 rings (SSSR count). The third-order valence-corrected chi connectivity index (χ3v) is 3.48. The summed E-state index contributed by atoms with van der Waals surface area (Å²) in [6.45, 7) is 3.82. The molecule has 1 aliphatic heterocycles. The molecule has 1 heterocycles. The fourth-order valence-corrected chi connectivity index (χ4v) is 2.46. The van der Waals surface area contributed by atoms with Crippen LogP contribution in [0.4, 0.5) is 10.1 Å². The van der Waals surface area contributed by atoms with Crippen LogP contribution in [0.25, 0.3) is 0 Å². The van der Waals surface area contributed by atoms with Gasteiger partial charge in [-0.3, -0.25) is 0 Å². The zero-order chi connectivity index (χ0) is 14.7. The summed E-state index contributed by atoms with van der Waals surface area (Å²) >= 11 is 0. The zero-order valence-electron chi connectivity index (χ0n) is 12.0. The third kappa shape index (κ3) is 3.10. The van der Waals surface area contributed by atoms with Gasteiger partial charge in [0.05, 0.1) is 18.9 Å². The Kier molecular flexibility index (Phi) is 3.95. The molecule has 1 aliphatic rings. The minimum absolute atomic E-state index is 0.293. The lowest BCUT2D eigenvalue weighted by atomic mass is 10.1. The molecule has 0 aromatic heterocycles. The molecule has 0 aliphatic carbocycles. The van der Waals surface area contributed by atoms with E-state index in [9.17, 15) is 4.39 Å². The van der Waals surface area contributed by atoms with Gasteiger partial charge >= 0.3 is 0 Å². The predicted molar refractivity (Wildman–Crippen MR) is 80.5 cm³/mol. The Balaban J connectivity index is 1.72. The van der Waals surface area contributed by atoms with E-state index in [1.165, 1.54) is 23.3 Å². The van der Waals surface area contributed by atoms with Gasteiger partial charge in [0.1, 0.15) is 17.3 Å². The number of ether oxygens (including phenoxy) is 2. The number of rotatable bonds is 5. The summed E-state index contributed by atoms with van der Waals surface area (Å²) in [4.78, 5) is 0. The third-order valence-electron chi connectivity index (χ3n) is 3.48. The van der Waals surface area contributed by atoms with Crippen molar-refractivity contribution in [1.29, 1.82) is 0 Å². The summed E-state index contributed by atoms with van der Waals surface area (Å²) in [7, 11) is 0. The van der Waals surface area contributed by atoms with Gasteiger partial charge < -0.3 is 14.8 Å². The average Bonchev–Trinajstić information content (AvgIpc) is 2.94. The quantitative estimate of drug-likeness (QED) is 0.908. The highest BCUT2D eigenvalue weighted by Crippen LogP contribution is 2.28. The Morgan fingerprint density at radius 3 is 3.00 bits per heavy atom. The van der Waals surface area contributed by atoms with Gasteiger partial charge in [-0.1, -0.05) is 12.1 Å². The molecular formula is C17H18FNO2. The van der Waals surface area contributed by atoms with Crippen molar-refractivity contribution < 1.29 is 13.9 Å².